The first-order valence-corrected chi connectivity index (χ1v) is 2.13. The van der Waals surface area contributed by atoms with Crippen molar-refractivity contribution in [3.63, 3.8) is 0 Å². The fraction of sp³-hybridized carbons (Fsp3) is 0. The summed E-state index contributed by atoms with van der Waals surface area (Å²) >= 11 is 0. The summed E-state index contributed by atoms with van der Waals surface area (Å²) in [5, 5.41) is 6.25. The molecule has 0 aliphatic heterocycles. The van der Waals surface area contributed by atoms with E-state index in [-0.39, 0.29) is 19.5 Å². The summed E-state index contributed by atoms with van der Waals surface area (Å²) in [6, 6.07) is 12.5. The van der Waals surface area contributed by atoms with Crippen molar-refractivity contribution in [2.24, 2.45) is 0 Å². The molecule has 1 nitrogen and oxygen atoms in total. The van der Waals surface area contributed by atoms with E-state index in [1.165, 1.54) is 0 Å². The van der Waals surface area contributed by atoms with Crippen LogP contribution in [0.15, 0.2) is 30.3 Å². The smallest absolute Gasteiger partial charge is 0.512 e. The Labute approximate surface area is 68.1 Å². The van der Waals surface area contributed by atoms with Gasteiger partial charge in [-0.2, -0.15) is 36.4 Å². The van der Waals surface area contributed by atoms with Gasteiger partial charge in [0.25, 0.3) is 0 Å². The van der Waals surface area contributed by atoms with Crippen LogP contribution >= 0.6 is 0 Å². The zero-order valence-electron chi connectivity index (χ0n) is 4.67. The van der Waals surface area contributed by atoms with Gasteiger partial charge in [0.05, 0.1) is 0 Å². The van der Waals surface area contributed by atoms with Crippen molar-refractivity contribution < 1.29 is 19.5 Å². The molecule has 0 heterocycles. The molecule has 9 heavy (non-hydrogen) atoms. The Morgan fingerprint density at radius 3 is 1.56 bits per heavy atom. The predicted molar refractivity (Wildman–Crippen MR) is 30.2 cm³/mol. The summed E-state index contributed by atoms with van der Waals surface area (Å²) < 4.78 is 0. The zero-order chi connectivity index (χ0) is 6.24. The van der Waals surface area contributed by atoms with E-state index in [2.05, 4.69) is 6.07 Å². The molecule has 1 aromatic rings. The molecule has 0 atom stereocenters. The summed E-state index contributed by atoms with van der Waals surface area (Å²) in [6.07, 6.45) is 0. The van der Waals surface area contributed by atoms with Crippen LogP contribution in [0, 0.1) is 17.9 Å². The molecule has 0 aromatic heterocycles. The molecule has 0 aliphatic carbocycles. The van der Waals surface area contributed by atoms with Gasteiger partial charge in [0.1, 0.15) is 0 Å². The second-order valence-corrected chi connectivity index (χ2v) is 1.08. The van der Waals surface area contributed by atoms with Gasteiger partial charge in [-0.05, 0) is 0 Å². The van der Waals surface area contributed by atoms with Gasteiger partial charge in [-0.1, -0.05) is 0 Å². The molecule has 1 rings (SSSR count). The van der Waals surface area contributed by atoms with Crippen LogP contribution in [0.5, 0.6) is 0 Å². The van der Waals surface area contributed by atoms with Crippen LogP contribution in [0.1, 0.15) is 0 Å². The molecule has 0 bridgehead atoms. The molecule has 0 N–H and O–H groups in total. The van der Waals surface area contributed by atoms with Crippen molar-refractivity contribution in [3.05, 3.63) is 43.0 Å². The van der Waals surface area contributed by atoms with Crippen molar-refractivity contribution in [1.29, 1.82) is 5.26 Å². The molecule has 2 heteroatoms. The molecule has 0 saturated carbocycles. The Bertz CT molecular complexity index is 109. The SMILES string of the molecule is [C-]#N.[Rh+2].[c-]1ccccc1. The van der Waals surface area contributed by atoms with Crippen LogP contribution in [0.3, 0.4) is 0 Å². The maximum atomic E-state index is 6.25. The van der Waals surface area contributed by atoms with Gasteiger partial charge >= 0.3 is 19.5 Å². The van der Waals surface area contributed by atoms with Gasteiger partial charge in [-0.15, -0.1) is 0 Å². The average Bonchev–Trinajstić information content (AvgIpc) is 1.96. The quantitative estimate of drug-likeness (QED) is 0.467. The van der Waals surface area contributed by atoms with Crippen molar-refractivity contribution in [2.75, 3.05) is 0 Å². The van der Waals surface area contributed by atoms with Gasteiger partial charge in [-0.25, -0.2) is 0 Å². The van der Waals surface area contributed by atoms with E-state index in [4.69, 9.17) is 11.8 Å². The van der Waals surface area contributed by atoms with E-state index in [1.807, 2.05) is 30.3 Å². The molecule has 1 radical (unpaired) electrons. The normalized spacial score (nSPS) is 5.56. The first-order valence-electron chi connectivity index (χ1n) is 2.13. The van der Waals surface area contributed by atoms with Crippen molar-refractivity contribution >= 4 is 0 Å². The second-order valence-electron chi connectivity index (χ2n) is 1.08. The van der Waals surface area contributed by atoms with Crippen LogP contribution in [0.4, 0.5) is 0 Å². The molecular weight excluding hydrogens is 201 g/mol. The molecule has 0 saturated heterocycles. The average molecular weight is 206 g/mol. The standard InChI is InChI=1S/C6H5.CN.Rh/c1-2-4-6-5-3-1;1-2;/h1-5H;;/q2*-1;+2. The predicted octanol–water partition coefficient (Wildman–Crippen LogP) is 1.58. The third kappa shape index (κ3) is 7.33. The Hall–Kier alpha value is -0.667. The van der Waals surface area contributed by atoms with E-state index in [0.29, 0.717) is 0 Å². The van der Waals surface area contributed by atoms with Gasteiger partial charge in [0.15, 0.2) is 0 Å². The summed E-state index contributed by atoms with van der Waals surface area (Å²) in [5.74, 6) is 0. The van der Waals surface area contributed by atoms with E-state index in [9.17, 15) is 0 Å². The van der Waals surface area contributed by atoms with Crippen molar-refractivity contribution in [1.82, 2.24) is 0 Å². The molecular formula is C7H5NRh. The number of rotatable bonds is 0. The van der Waals surface area contributed by atoms with Crippen LogP contribution < -0.4 is 0 Å². The van der Waals surface area contributed by atoms with Gasteiger partial charge in [0, 0.05) is 0 Å². The fourth-order valence-electron chi connectivity index (χ4n) is 0.342. The third-order valence-corrected chi connectivity index (χ3v) is 0.607. The number of hydrogen-bond acceptors (Lipinski definition) is 1. The molecule has 0 aliphatic rings. The second kappa shape index (κ2) is 10.3. The maximum absolute atomic E-state index is 6.25. The van der Waals surface area contributed by atoms with Crippen LogP contribution in [-0.4, -0.2) is 0 Å². The first-order chi connectivity index (χ1) is 4.00. The van der Waals surface area contributed by atoms with E-state index in [1.54, 1.807) is 0 Å². The summed E-state index contributed by atoms with van der Waals surface area (Å²) in [6.45, 7) is 4.75. The Balaban J connectivity index is 0. The van der Waals surface area contributed by atoms with Crippen LogP contribution in [0.2, 0.25) is 0 Å². The first kappa shape index (κ1) is 11.2. The molecule has 0 fully saturated rings. The molecule has 0 spiro atoms. The number of nitrogens with zero attached hydrogens (tertiary/aromatic N) is 1. The minimum absolute atomic E-state index is 0. The summed E-state index contributed by atoms with van der Waals surface area (Å²) in [5.41, 5.74) is 0. The molecule has 47 valence electrons. The van der Waals surface area contributed by atoms with Crippen LogP contribution in [0.25, 0.3) is 0 Å². The molecule has 0 unspecified atom stereocenters. The minimum atomic E-state index is 0. The monoisotopic (exact) mass is 206 g/mol. The van der Waals surface area contributed by atoms with Crippen molar-refractivity contribution in [2.45, 2.75) is 0 Å². The van der Waals surface area contributed by atoms with E-state index < -0.39 is 0 Å². The van der Waals surface area contributed by atoms with E-state index in [0.717, 1.165) is 0 Å². The van der Waals surface area contributed by atoms with Gasteiger partial charge in [-0.3, -0.25) is 0 Å². The van der Waals surface area contributed by atoms with Crippen LogP contribution in [-0.2, 0) is 19.5 Å². The topological polar surface area (TPSA) is 23.8 Å². The van der Waals surface area contributed by atoms with Crippen molar-refractivity contribution in [3.8, 4) is 0 Å². The molecule has 0 amide bonds. The zero-order valence-corrected chi connectivity index (χ0v) is 6.31. The summed E-state index contributed by atoms with van der Waals surface area (Å²) in [7, 11) is 0. The Morgan fingerprint density at radius 2 is 1.44 bits per heavy atom. The maximum Gasteiger partial charge on any atom is 2.00 e. The minimum Gasteiger partial charge on any atom is -0.512 e. The van der Waals surface area contributed by atoms with Gasteiger partial charge in [0.2, 0.25) is 0 Å². The number of benzene rings is 1. The fourth-order valence-corrected chi connectivity index (χ4v) is 0.342. The van der Waals surface area contributed by atoms with E-state index >= 15 is 0 Å². The largest absolute Gasteiger partial charge is 2.00 e. The Kier molecular flexibility index (Phi) is 12.8. The third-order valence-electron chi connectivity index (χ3n) is 0.607. The number of hydrogen-bond donors (Lipinski definition) is 0. The Morgan fingerprint density at radius 1 is 1.00 bits per heavy atom. The molecule has 1 aromatic carbocycles. The van der Waals surface area contributed by atoms with Gasteiger partial charge < -0.3 is 11.8 Å². The summed E-state index contributed by atoms with van der Waals surface area (Å²) in [4.78, 5) is 0.